The molecule has 0 aliphatic rings. The van der Waals surface area contributed by atoms with Crippen molar-refractivity contribution in [2.24, 2.45) is 5.16 Å². The minimum Gasteiger partial charge on any atom is -0.489 e. The molecular weight excluding hydrogens is 260 g/mol. The fourth-order valence-corrected chi connectivity index (χ4v) is 1.64. The SMILES string of the molecule is O=[N+]([O-])c1cccc(COc2ccc(/C=N\O)cc2)c1. The van der Waals surface area contributed by atoms with Gasteiger partial charge in [0, 0.05) is 12.1 Å². The summed E-state index contributed by atoms with van der Waals surface area (Å²) < 4.78 is 5.53. The molecule has 6 nitrogen and oxygen atoms in total. The molecule has 0 heterocycles. The maximum atomic E-state index is 10.7. The van der Waals surface area contributed by atoms with Crippen molar-refractivity contribution in [3.63, 3.8) is 0 Å². The van der Waals surface area contributed by atoms with E-state index >= 15 is 0 Å². The van der Waals surface area contributed by atoms with E-state index in [0.29, 0.717) is 5.75 Å². The number of ether oxygens (including phenoxy) is 1. The lowest BCUT2D eigenvalue weighted by Gasteiger charge is -2.06. The third kappa shape index (κ3) is 3.55. The van der Waals surface area contributed by atoms with E-state index in [0.717, 1.165) is 11.1 Å². The number of nitro groups is 1. The van der Waals surface area contributed by atoms with Crippen molar-refractivity contribution in [1.29, 1.82) is 0 Å². The molecule has 2 aromatic carbocycles. The molecule has 0 saturated carbocycles. The highest BCUT2D eigenvalue weighted by Gasteiger charge is 2.05. The average Bonchev–Trinajstić information content (AvgIpc) is 2.47. The summed E-state index contributed by atoms with van der Waals surface area (Å²) in [5, 5.41) is 22.0. The maximum Gasteiger partial charge on any atom is 0.269 e. The summed E-state index contributed by atoms with van der Waals surface area (Å²) in [6, 6.07) is 13.2. The van der Waals surface area contributed by atoms with Crippen molar-refractivity contribution in [2.45, 2.75) is 6.61 Å². The number of non-ortho nitro benzene ring substituents is 1. The van der Waals surface area contributed by atoms with E-state index in [-0.39, 0.29) is 12.3 Å². The van der Waals surface area contributed by atoms with Crippen molar-refractivity contribution in [3.8, 4) is 5.75 Å². The van der Waals surface area contributed by atoms with Crippen LogP contribution in [0.4, 0.5) is 5.69 Å². The lowest BCUT2D eigenvalue weighted by molar-refractivity contribution is -0.384. The van der Waals surface area contributed by atoms with E-state index in [1.165, 1.54) is 18.3 Å². The van der Waals surface area contributed by atoms with Crippen molar-refractivity contribution in [3.05, 3.63) is 69.8 Å². The van der Waals surface area contributed by atoms with Gasteiger partial charge in [-0.25, -0.2) is 0 Å². The van der Waals surface area contributed by atoms with Crippen LogP contribution < -0.4 is 4.74 Å². The van der Waals surface area contributed by atoms with Crippen molar-refractivity contribution >= 4 is 11.9 Å². The quantitative estimate of drug-likeness (QED) is 0.392. The fraction of sp³-hybridized carbons (Fsp3) is 0.0714. The number of nitrogens with zero attached hydrogens (tertiary/aromatic N) is 2. The van der Waals surface area contributed by atoms with Gasteiger partial charge in [-0.2, -0.15) is 0 Å². The van der Waals surface area contributed by atoms with Gasteiger partial charge < -0.3 is 9.94 Å². The smallest absolute Gasteiger partial charge is 0.269 e. The zero-order valence-electron chi connectivity index (χ0n) is 10.5. The Morgan fingerprint density at radius 2 is 2.00 bits per heavy atom. The van der Waals surface area contributed by atoms with Crippen LogP contribution in [0.1, 0.15) is 11.1 Å². The summed E-state index contributed by atoms with van der Waals surface area (Å²) in [6.07, 6.45) is 1.31. The topological polar surface area (TPSA) is 85.0 Å². The van der Waals surface area contributed by atoms with Crippen LogP contribution in [0.15, 0.2) is 53.7 Å². The van der Waals surface area contributed by atoms with Gasteiger partial charge in [0.15, 0.2) is 0 Å². The molecule has 0 radical (unpaired) electrons. The number of oxime groups is 1. The Bertz CT molecular complexity index is 623. The summed E-state index contributed by atoms with van der Waals surface area (Å²) in [5.41, 5.74) is 1.51. The third-order valence-corrected chi connectivity index (χ3v) is 2.61. The monoisotopic (exact) mass is 272 g/mol. The molecule has 0 amide bonds. The van der Waals surface area contributed by atoms with E-state index in [2.05, 4.69) is 5.16 Å². The molecule has 0 aromatic heterocycles. The third-order valence-electron chi connectivity index (χ3n) is 2.61. The van der Waals surface area contributed by atoms with Crippen LogP contribution in [0.25, 0.3) is 0 Å². The zero-order chi connectivity index (χ0) is 14.4. The largest absolute Gasteiger partial charge is 0.489 e. The van der Waals surface area contributed by atoms with Gasteiger partial charge in [0.05, 0.1) is 11.1 Å². The van der Waals surface area contributed by atoms with Crippen LogP contribution in [-0.4, -0.2) is 16.3 Å². The minimum absolute atomic E-state index is 0.0422. The Balaban J connectivity index is 2.01. The van der Waals surface area contributed by atoms with Crippen LogP contribution in [0.3, 0.4) is 0 Å². The fourth-order valence-electron chi connectivity index (χ4n) is 1.64. The Morgan fingerprint density at radius 3 is 2.65 bits per heavy atom. The van der Waals surface area contributed by atoms with Gasteiger partial charge in [0.25, 0.3) is 5.69 Å². The van der Waals surface area contributed by atoms with Gasteiger partial charge in [0.1, 0.15) is 12.4 Å². The van der Waals surface area contributed by atoms with E-state index in [9.17, 15) is 10.1 Å². The van der Waals surface area contributed by atoms with Crippen LogP contribution in [0, 0.1) is 10.1 Å². The van der Waals surface area contributed by atoms with Crippen molar-refractivity contribution in [2.75, 3.05) is 0 Å². The number of rotatable bonds is 5. The second kappa shape index (κ2) is 6.33. The van der Waals surface area contributed by atoms with Crippen LogP contribution in [0.5, 0.6) is 5.75 Å². The Labute approximate surface area is 115 Å². The predicted molar refractivity (Wildman–Crippen MR) is 73.3 cm³/mol. The highest BCUT2D eigenvalue weighted by molar-refractivity contribution is 5.79. The van der Waals surface area contributed by atoms with Gasteiger partial charge in [-0.1, -0.05) is 17.3 Å². The first-order chi connectivity index (χ1) is 9.69. The normalized spacial score (nSPS) is 10.6. The van der Waals surface area contributed by atoms with Gasteiger partial charge in [-0.15, -0.1) is 0 Å². The Hall–Kier alpha value is -2.89. The number of nitro benzene ring substituents is 1. The molecule has 20 heavy (non-hydrogen) atoms. The molecule has 2 rings (SSSR count). The number of benzene rings is 2. The Morgan fingerprint density at radius 1 is 1.25 bits per heavy atom. The van der Waals surface area contributed by atoms with Gasteiger partial charge in [0.2, 0.25) is 0 Å². The van der Waals surface area contributed by atoms with E-state index in [1.807, 2.05) is 0 Å². The first kappa shape index (κ1) is 13.5. The van der Waals surface area contributed by atoms with Crippen molar-refractivity contribution in [1.82, 2.24) is 0 Å². The average molecular weight is 272 g/mol. The molecule has 0 aliphatic heterocycles. The van der Waals surface area contributed by atoms with Crippen LogP contribution in [0.2, 0.25) is 0 Å². The summed E-state index contributed by atoms with van der Waals surface area (Å²) in [7, 11) is 0. The van der Waals surface area contributed by atoms with E-state index < -0.39 is 4.92 Å². The maximum absolute atomic E-state index is 10.7. The Kier molecular flexibility index (Phi) is 4.28. The van der Waals surface area contributed by atoms with Gasteiger partial charge >= 0.3 is 0 Å². The molecule has 0 aliphatic carbocycles. The predicted octanol–water partition coefficient (Wildman–Crippen LogP) is 2.98. The summed E-state index contributed by atoms with van der Waals surface area (Å²) in [4.78, 5) is 10.2. The van der Waals surface area contributed by atoms with Gasteiger partial charge in [-0.05, 0) is 35.4 Å². The molecule has 102 valence electrons. The second-order valence-corrected chi connectivity index (χ2v) is 4.03. The first-order valence-electron chi connectivity index (χ1n) is 5.82. The molecule has 0 spiro atoms. The number of hydrogen-bond acceptors (Lipinski definition) is 5. The molecule has 2 aromatic rings. The van der Waals surface area contributed by atoms with E-state index in [1.54, 1.807) is 36.4 Å². The lowest BCUT2D eigenvalue weighted by atomic mass is 10.2. The molecule has 0 bridgehead atoms. The zero-order valence-corrected chi connectivity index (χ0v) is 10.5. The summed E-state index contributed by atoms with van der Waals surface area (Å²) in [5.74, 6) is 0.631. The van der Waals surface area contributed by atoms with Gasteiger partial charge in [-0.3, -0.25) is 10.1 Å². The van der Waals surface area contributed by atoms with Crippen LogP contribution >= 0.6 is 0 Å². The number of hydrogen-bond donors (Lipinski definition) is 1. The first-order valence-corrected chi connectivity index (χ1v) is 5.82. The van der Waals surface area contributed by atoms with Crippen molar-refractivity contribution < 1.29 is 14.9 Å². The second-order valence-electron chi connectivity index (χ2n) is 4.03. The molecule has 0 fully saturated rings. The molecular formula is C14H12N2O4. The highest BCUT2D eigenvalue weighted by atomic mass is 16.6. The molecule has 0 atom stereocenters. The minimum atomic E-state index is -0.438. The van der Waals surface area contributed by atoms with Crippen LogP contribution in [-0.2, 0) is 6.61 Å². The molecule has 6 heteroatoms. The molecule has 1 N–H and O–H groups in total. The standard InChI is InChI=1S/C14H12N2O4/c17-15-9-11-4-6-14(7-5-11)20-10-12-2-1-3-13(8-12)16(18)19/h1-9,17H,10H2/b15-9-. The molecule has 0 unspecified atom stereocenters. The summed E-state index contributed by atoms with van der Waals surface area (Å²) in [6.45, 7) is 0.245. The lowest BCUT2D eigenvalue weighted by Crippen LogP contribution is -1.97. The van der Waals surface area contributed by atoms with E-state index in [4.69, 9.17) is 9.94 Å². The highest BCUT2D eigenvalue weighted by Crippen LogP contribution is 2.16. The molecule has 0 saturated heterocycles. The summed E-state index contributed by atoms with van der Waals surface area (Å²) >= 11 is 0.